The molecule has 1 aromatic heterocycles. The highest BCUT2D eigenvalue weighted by Crippen LogP contribution is 2.33. The van der Waals surface area contributed by atoms with Crippen molar-refractivity contribution in [1.82, 2.24) is 0 Å². The van der Waals surface area contributed by atoms with Crippen molar-refractivity contribution in [2.75, 3.05) is 0 Å². The molecular formula is C26H20Cl3FO5S. The SMILES string of the molecule is CCCc1c(Cc2c(F)cccc2Cl)c(=O)oc2cc(OS(=O)(=O)c3cc(C)c(Cl)cc3Cl)ccc12. The van der Waals surface area contributed by atoms with Crippen LogP contribution in [0.2, 0.25) is 15.1 Å². The Labute approximate surface area is 222 Å². The van der Waals surface area contributed by atoms with E-state index in [0.717, 1.165) is 0 Å². The average molecular weight is 570 g/mol. The Bertz CT molecular complexity index is 1630. The van der Waals surface area contributed by atoms with Crippen LogP contribution in [0.3, 0.4) is 0 Å². The maximum absolute atomic E-state index is 14.4. The third kappa shape index (κ3) is 5.25. The second kappa shape index (κ2) is 10.4. The van der Waals surface area contributed by atoms with Crippen molar-refractivity contribution in [3.8, 4) is 5.75 Å². The van der Waals surface area contributed by atoms with E-state index in [4.69, 9.17) is 43.4 Å². The molecule has 0 aliphatic heterocycles. The largest absolute Gasteiger partial charge is 0.422 e. The van der Waals surface area contributed by atoms with Crippen LogP contribution in [-0.4, -0.2) is 8.42 Å². The lowest BCUT2D eigenvalue weighted by Gasteiger charge is -2.14. The fourth-order valence-corrected chi connectivity index (χ4v) is 5.88. The summed E-state index contributed by atoms with van der Waals surface area (Å²) < 4.78 is 51.0. The molecule has 10 heteroatoms. The van der Waals surface area contributed by atoms with Gasteiger partial charge in [-0.25, -0.2) is 9.18 Å². The predicted molar refractivity (Wildman–Crippen MR) is 140 cm³/mol. The number of hydrogen-bond donors (Lipinski definition) is 0. The molecule has 0 aliphatic carbocycles. The summed E-state index contributed by atoms with van der Waals surface area (Å²) >= 11 is 18.3. The van der Waals surface area contributed by atoms with Crippen LogP contribution in [0.5, 0.6) is 5.75 Å². The van der Waals surface area contributed by atoms with Crippen LogP contribution >= 0.6 is 34.8 Å². The van der Waals surface area contributed by atoms with Crippen molar-refractivity contribution in [3.05, 3.63) is 102 Å². The Morgan fingerprint density at radius 1 is 0.944 bits per heavy atom. The minimum Gasteiger partial charge on any atom is -0.422 e. The third-order valence-corrected chi connectivity index (χ3v) is 8.17. The van der Waals surface area contributed by atoms with Crippen LogP contribution < -0.4 is 9.81 Å². The van der Waals surface area contributed by atoms with Crippen molar-refractivity contribution >= 4 is 55.9 Å². The topological polar surface area (TPSA) is 73.6 Å². The van der Waals surface area contributed by atoms with Gasteiger partial charge in [0, 0.05) is 39.0 Å². The van der Waals surface area contributed by atoms with E-state index in [9.17, 15) is 17.6 Å². The molecule has 0 amide bonds. The van der Waals surface area contributed by atoms with Crippen molar-refractivity contribution in [3.63, 3.8) is 0 Å². The first-order chi connectivity index (χ1) is 17.0. The third-order valence-electron chi connectivity index (χ3n) is 5.70. The highest BCUT2D eigenvalue weighted by Gasteiger charge is 2.23. The van der Waals surface area contributed by atoms with Crippen LogP contribution in [0.4, 0.5) is 4.39 Å². The standard InChI is InChI=1S/C26H20Cl3FO5S/c1-3-5-16-17-9-8-15(35-36(32,33)25-10-14(2)21(28)13-22(25)29)11-24(17)34-26(31)18(16)12-19-20(27)6-4-7-23(19)30/h4,6-11,13H,3,5,12H2,1-2H3. The molecule has 0 saturated heterocycles. The minimum atomic E-state index is -4.31. The van der Waals surface area contributed by atoms with Crippen LogP contribution in [0.25, 0.3) is 11.0 Å². The molecule has 0 aliphatic rings. The normalized spacial score (nSPS) is 11.7. The molecule has 36 heavy (non-hydrogen) atoms. The zero-order valence-electron chi connectivity index (χ0n) is 19.2. The van der Waals surface area contributed by atoms with Crippen molar-refractivity contribution in [2.45, 2.75) is 38.0 Å². The lowest BCUT2D eigenvalue weighted by molar-refractivity contribution is 0.484. The molecule has 0 unspecified atom stereocenters. The molecule has 0 radical (unpaired) electrons. The van der Waals surface area contributed by atoms with E-state index in [1.54, 1.807) is 19.1 Å². The molecule has 188 valence electrons. The summed E-state index contributed by atoms with van der Waals surface area (Å²) in [5.74, 6) is -0.587. The molecule has 5 nitrogen and oxygen atoms in total. The Balaban J connectivity index is 1.78. The summed E-state index contributed by atoms with van der Waals surface area (Å²) in [5, 5.41) is 1.04. The van der Waals surface area contributed by atoms with Gasteiger partial charge in [-0.05, 0) is 60.9 Å². The molecule has 4 aromatic rings. The highest BCUT2D eigenvalue weighted by atomic mass is 35.5. The molecule has 0 fully saturated rings. The molecule has 1 heterocycles. The molecule has 0 saturated carbocycles. The van der Waals surface area contributed by atoms with Gasteiger partial charge < -0.3 is 8.60 Å². The first kappa shape index (κ1) is 26.5. The molecule has 4 rings (SSSR count). The van der Waals surface area contributed by atoms with Gasteiger partial charge in [0.2, 0.25) is 0 Å². The smallest absolute Gasteiger partial charge is 0.340 e. The number of aryl methyl sites for hydroxylation is 2. The van der Waals surface area contributed by atoms with E-state index in [2.05, 4.69) is 0 Å². The van der Waals surface area contributed by atoms with Crippen LogP contribution in [0.15, 0.2) is 62.6 Å². The first-order valence-corrected chi connectivity index (χ1v) is 13.5. The molecule has 0 atom stereocenters. The zero-order valence-corrected chi connectivity index (χ0v) is 22.3. The molecular weight excluding hydrogens is 550 g/mol. The van der Waals surface area contributed by atoms with Gasteiger partial charge in [-0.1, -0.05) is 54.2 Å². The van der Waals surface area contributed by atoms with Crippen LogP contribution in [0.1, 0.15) is 35.6 Å². The van der Waals surface area contributed by atoms with Crippen LogP contribution in [0, 0.1) is 12.7 Å². The second-order valence-electron chi connectivity index (χ2n) is 8.20. The van der Waals surface area contributed by atoms with Gasteiger partial charge in [0.25, 0.3) is 0 Å². The van der Waals surface area contributed by atoms with Gasteiger partial charge in [-0.15, -0.1) is 0 Å². The van der Waals surface area contributed by atoms with Gasteiger partial charge in [0.05, 0.1) is 5.02 Å². The second-order valence-corrected chi connectivity index (χ2v) is 10.9. The van der Waals surface area contributed by atoms with Gasteiger partial charge in [-0.3, -0.25) is 0 Å². The van der Waals surface area contributed by atoms with Gasteiger partial charge in [-0.2, -0.15) is 8.42 Å². The fraction of sp³-hybridized carbons (Fsp3) is 0.192. The molecule has 0 bridgehead atoms. The monoisotopic (exact) mass is 568 g/mol. The molecule has 3 aromatic carbocycles. The Hall–Kier alpha value is -2.58. The average Bonchev–Trinajstić information content (AvgIpc) is 2.80. The van der Waals surface area contributed by atoms with E-state index >= 15 is 0 Å². The number of halogens is 4. The molecule has 0 N–H and O–H groups in total. The summed E-state index contributed by atoms with van der Waals surface area (Å²) in [6, 6.07) is 11.4. The maximum Gasteiger partial charge on any atom is 0.340 e. The summed E-state index contributed by atoms with van der Waals surface area (Å²) in [4.78, 5) is 12.7. The van der Waals surface area contributed by atoms with E-state index in [0.29, 0.717) is 39.9 Å². The van der Waals surface area contributed by atoms with E-state index in [1.807, 2.05) is 6.92 Å². The quantitative estimate of drug-likeness (QED) is 0.170. The van der Waals surface area contributed by atoms with Crippen molar-refractivity contribution < 1.29 is 21.4 Å². The van der Waals surface area contributed by atoms with Crippen molar-refractivity contribution in [2.24, 2.45) is 0 Å². The lowest BCUT2D eigenvalue weighted by atomic mass is 9.95. The molecule has 0 spiro atoms. The minimum absolute atomic E-state index is 0.0415. The zero-order chi connectivity index (χ0) is 26.2. The number of hydrogen-bond acceptors (Lipinski definition) is 5. The highest BCUT2D eigenvalue weighted by molar-refractivity contribution is 7.87. The van der Waals surface area contributed by atoms with E-state index in [1.165, 1.54) is 36.4 Å². The first-order valence-electron chi connectivity index (χ1n) is 10.9. The van der Waals surface area contributed by atoms with Gasteiger partial charge in [0.15, 0.2) is 0 Å². The number of rotatable bonds is 7. The Kier molecular flexibility index (Phi) is 7.67. The van der Waals surface area contributed by atoms with E-state index in [-0.39, 0.29) is 38.3 Å². The van der Waals surface area contributed by atoms with Crippen LogP contribution in [-0.2, 0) is 23.0 Å². The van der Waals surface area contributed by atoms with Gasteiger partial charge >= 0.3 is 15.7 Å². The van der Waals surface area contributed by atoms with Gasteiger partial charge in [0.1, 0.15) is 22.0 Å². The summed E-state index contributed by atoms with van der Waals surface area (Å²) in [6.07, 6.45) is 1.18. The van der Waals surface area contributed by atoms with E-state index < -0.39 is 21.6 Å². The van der Waals surface area contributed by atoms with Crippen molar-refractivity contribution in [1.29, 1.82) is 0 Å². The number of fused-ring (bicyclic) bond motifs is 1. The summed E-state index contributed by atoms with van der Waals surface area (Å²) in [6.45, 7) is 3.59. The summed E-state index contributed by atoms with van der Waals surface area (Å²) in [5.41, 5.74) is 1.15. The Morgan fingerprint density at radius 2 is 1.69 bits per heavy atom. The Morgan fingerprint density at radius 3 is 2.39 bits per heavy atom. The lowest BCUT2D eigenvalue weighted by Crippen LogP contribution is -2.14. The summed E-state index contributed by atoms with van der Waals surface area (Å²) in [7, 11) is -4.31. The fourth-order valence-electron chi connectivity index (χ4n) is 3.92. The predicted octanol–water partition coefficient (Wildman–Crippen LogP) is 7.51. The maximum atomic E-state index is 14.4. The number of benzene rings is 3.